The minimum absolute atomic E-state index is 0.297. The molecule has 1 rings (SSSR count). The lowest BCUT2D eigenvalue weighted by molar-refractivity contribution is -0.873. The topological polar surface area (TPSA) is 32.3 Å². The second-order valence-corrected chi connectivity index (χ2v) is 6.81. The Hall–Kier alpha value is -0.900. The number of hydrogen-bond donors (Lipinski definition) is 2. The van der Waals surface area contributed by atoms with Crippen LogP contribution in [0, 0.1) is 0 Å². The molecular weight excluding hydrogens is 248 g/mol. The largest absolute Gasteiger partial charge is 0.386 e. The Labute approximate surface area is 124 Å². The predicted octanol–water partition coefficient (Wildman–Crippen LogP) is 2.36. The van der Waals surface area contributed by atoms with Crippen LogP contribution in [0.4, 0.5) is 0 Å². The molecule has 0 aliphatic heterocycles. The average Bonchev–Trinajstić information content (AvgIpc) is 2.36. The third-order valence-corrected chi connectivity index (χ3v) is 3.63. The highest BCUT2D eigenvalue weighted by Crippen LogP contribution is 2.18. The highest BCUT2D eigenvalue weighted by molar-refractivity contribution is 5.24. The van der Waals surface area contributed by atoms with Gasteiger partial charge in [-0.15, -0.1) is 0 Å². The first-order valence-electron chi connectivity index (χ1n) is 7.60. The molecule has 3 nitrogen and oxygen atoms in total. The Morgan fingerprint density at radius 3 is 2.25 bits per heavy atom. The Kier molecular flexibility index (Phi) is 6.66. The van der Waals surface area contributed by atoms with E-state index in [-0.39, 0.29) is 6.10 Å². The van der Waals surface area contributed by atoms with Crippen LogP contribution in [0.25, 0.3) is 0 Å². The van der Waals surface area contributed by atoms with Gasteiger partial charge in [0, 0.05) is 13.1 Å². The van der Waals surface area contributed by atoms with E-state index in [0.717, 1.165) is 17.6 Å². The molecule has 2 atom stereocenters. The molecule has 0 spiro atoms. The number of quaternary nitrogens is 1. The quantitative estimate of drug-likeness (QED) is 0.716. The van der Waals surface area contributed by atoms with E-state index in [4.69, 9.17) is 0 Å². The molecule has 0 saturated carbocycles. The van der Waals surface area contributed by atoms with Gasteiger partial charge >= 0.3 is 0 Å². The van der Waals surface area contributed by atoms with E-state index >= 15 is 0 Å². The monoisotopic (exact) mass is 279 g/mol. The van der Waals surface area contributed by atoms with Gasteiger partial charge in [-0.2, -0.15) is 0 Å². The average molecular weight is 279 g/mol. The summed E-state index contributed by atoms with van der Waals surface area (Å²) in [5.41, 5.74) is 2.68. The highest BCUT2D eigenvalue weighted by Gasteiger charge is 2.14. The van der Waals surface area contributed by atoms with Gasteiger partial charge in [-0.05, 0) is 23.5 Å². The van der Waals surface area contributed by atoms with E-state index in [9.17, 15) is 5.11 Å². The molecule has 0 fully saturated rings. The molecule has 1 aromatic rings. The fourth-order valence-corrected chi connectivity index (χ4v) is 2.28. The molecular formula is C17H31N2O+. The van der Waals surface area contributed by atoms with Gasteiger partial charge in [0.15, 0.2) is 0 Å². The summed E-state index contributed by atoms with van der Waals surface area (Å²) in [6, 6.07) is 8.79. The maximum Gasteiger partial charge on any atom is 0.115 e. The lowest BCUT2D eigenvalue weighted by Gasteiger charge is -2.26. The first-order chi connectivity index (χ1) is 9.31. The van der Waals surface area contributed by atoms with Crippen molar-refractivity contribution in [1.82, 2.24) is 5.32 Å². The van der Waals surface area contributed by atoms with Crippen molar-refractivity contribution in [2.45, 2.75) is 38.8 Å². The molecule has 2 N–H and O–H groups in total. The number of benzene rings is 1. The number of nitrogens with one attached hydrogen (secondary N) is 1. The molecule has 0 aromatic heterocycles. The van der Waals surface area contributed by atoms with Gasteiger partial charge in [0.1, 0.15) is 12.6 Å². The minimum atomic E-state index is -0.297. The van der Waals surface area contributed by atoms with Gasteiger partial charge < -0.3 is 14.9 Å². The van der Waals surface area contributed by atoms with Crippen LogP contribution in [0.1, 0.15) is 37.3 Å². The molecule has 0 radical (unpaired) electrons. The molecule has 20 heavy (non-hydrogen) atoms. The first-order valence-corrected chi connectivity index (χ1v) is 7.60. The highest BCUT2D eigenvalue weighted by atomic mass is 16.3. The van der Waals surface area contributed by atoms with Crippen molar-refractivity contribution in [3.63, 3.8) is 0 Å². The van der Waals surface area contributed by atoms with Crippen LogP contribution in [0.2, 0.25) is 0 Å². The van der Waals surface area contributed by atoms with E-state index in [1.165, 1.54) is 17.5 Å². The number of rotatable bonds is 8. The Balaban J connectivity index is 2.35. The molecule has 0 bridgehead atoms. The van der Waals surface area contributed by atoms with Crippen LogP contribution in [0.15, 0.2) is 24.3 Å². The van der Waals surface area contributed by atoms with Crippen LogP contribution >= 0.6 is 0 Å². The molecule has 0 amide bonds. The summed E-state index contributed by atoms with van der Waals surface area (Å²) >= 11 is 0. The zero-order valence-electron chi connectivity index (χ0n) is 13.7. The van der Waals surface area contributed by atoms with Crippen molar-refractivity contribution < 1.29 is 9.59 Å². The predicted molar refractivity (Wildman–Crippen MR) is 85.8 cm³/mol. The second-order valence-electron chi connectivity index (χ2n) is 6.81. The Morgan fingerprint density at radius 2 is 1.75 bits per heavy atom. The molecule has 0 aliphatic rings. The number of likely N-dealkylation sites (N-methyl/N-ethyl adjacent to an activating group) is 1. The number of aliphatic hydroxyl groups excluding tert-OH is 1. The van der Waals surface area contributed by atoms with Crippen molar-refractivity contribution >= 4 is 0 Å². The summed E-state index contributed by atoms with van der Waals surface area (Å²) in [5, 5.41) is 13.3. The van der Waals surface area contributed by atoms with E-state index in [1.807, 2.05) is 0 Å². The van der Waals surface area contributed by atoms with E-state index in [0.29, 0.717) is 12.5 Å². The minimum Gasteiger partial charge on any atom is -0.386 e. The van der Waals surface area contributed by atoms with Gasteiger partial charge in [-0.25, -0.2) is 0 Å². The molecule has 3 heteroatoms. The Morgan fingerprint density at radius 1 is 1.15 bits per heavy atom. The molecule has 0 saturated heterocycles. The van der Waals surface area contributed by atoms with Crippen molar-refractivity contribution in [3.8, 4) is 0 Å². The second kappa shape index (κ2) is 7.77. The van der Waals surface area contributed by atoms with Crippen molar-refractivity contribution in [1.29, 1.82) is 0 Å². The smallest absolute Gasteiger partial charge is 0.115 e. The maximum absolute atomic E-state index is 9.93. The maximum atomic E-state index is 9.93. The molecule has 0 aliphatic carbocycles. The zero-order valence-corrected chi connectivity index (χ0v) is 13.7. The fraction of sp³-hybridized carbons (Fsp3) is 0.647. The molecule has 2 unspecified atom stereocenters. The third kappa shape index (κ3) is 6.51. The third-order valence-electron chi connectivity index (χ3n) is 3.63. The van der Waals surface area contributed by atoms with Gasteiger partial charge in [0.25, 0.3) is 0 Å². The summed E-state index contributed by atoms with van der Waals surface area (Å²) in [6.45, 7) is 6.70. The van der Waals surface area contributed by atoms with Crippen molar-refractivity contribution in [2.75, 3.05) is 34.2 Å². The zero-order chi connectivity index (χ0) is 15.2. The molecule has 1 aromatic carbocycles. The van der Waals surface area contributed by atoms with Crippen LogP contribution in [0.5, 0.6) is 0 Å². The molecule has 114 valence electrons. The number of nitrogens with zero attached hydrogens (tertiary/aromatic N) is 1. The standard InChI is InChI=1S/C17H31N2O/c1-6-14(2)16-9-7-15(8-10-16)11-18-12-17(20)13-19(3,4)5/h7-10,14,17-18,20H,6,11-13H2,1-5H3/q+1. The molecule has 0 heterocycles. The van der Waals surface area contributed by atoms with Crippen LogP contribution in [-0.2, 0) is 6.54 Å². The Bertz CT molecular complexity index is 381. The number of hydrogen-bond acceptors (Lipinski definition) is 2. The first kappa shape index (κ1) is 17.2. The van der Waals surface area contributed by atoms with Crippen LogP contribution < -0.4 is 5.32 Å². The van der Waals surface area contributed by atoms with Gasteiger partial charge in [-0.1, -0.05) is 38.1 Å². The summed E-state index contributed by atoms with van der Waals surface area (Å²) in [4.78, 5) is 0. The van der Waals surface area contributed by atoms with Crippen molar-refractivity contribution in [2.24, 2.45) is 0 Å². The van der Waals surface area contributed by atoms with Gasteiger partial charge in [0.2, 0.25) is 0 Å². The lowest BCUT2D eigenvalue weighted by atomic mass is 9.98. The summed E-state index contributed by atoms with van der Waals surface area (Å²) in [7, 11) is 6.28. The van der Waals surface area contributed by atoms with Crippen molar-refractivity contribution in [3.05, 3.63) is 35.4 Å². The van der Waals surface area contributed by atoms with E-state index in [1.54, 1.807) is 0 Å². The summed E-state index contributed by atoms with van der Waals surface area (Å²) in [5.74, 6) is 0.628. The van der Waals surface area contributed by atoms with Gasteiger partial charge in [-0.3, -0.25) is 0 Å². The van der Waals surface area contributed by atoms with Crippen LogP contribution in [0.3, 0.4) is 0 Å². The van der Waals surface area contributed by atoms with E-state index < -0.39 is 0 Å². The SMILES string of the molecule is CCC(C)c1ccc(CNCC(O)C[N+](C)(C)C)cc1. The number of aliphatic hydroxyl groups is 1. The van der Waals surface area contributed by atoms with E-state index in [2.05, 4.69) is 64.6 Å². The van der Waals surface area contributed by atoms with Gasteiger partial charge in [0.05, 0.1) is 21.1 Å². The summed E-state index contributed by atoms with van der Waals surface area (Å²) < 4.78 is 0.784. The normalized spacial score (nSPS) is 15.1. The van der Waals surface area contributed by atoms with Crippen LogP contribution in [-0.4, -0.2) is 49.9 Å². The summed E-state index contributed by atoms with van der Waals surface area (Å²) in [6.07, 6.45) is 0.879. The fourth-order valence-electron chi connectivity index (χ4n) is 2.28. The lowest BCUT2D eigenvalue weighted by Crippen LogP contribution is -2.44.